The number of para-hydroxylation sites is 1. The van der Waals surface area contributed by atoms with Crippen molar-refractivity contribution in [1.82, 2.24) is 14.9 Å². The monoisotopic (exact) mass is 412 g/mol. The zero-order valence-corrected chi connectivity index (χ0v) is 16.6. The van der Waals surface area contributed by atoms with Crippen molar-refractivity contribution >= 4 is 27.5 Å². The molecular weight excluding hydrogens is 389 g/mol. The molecule has 4 rings (SSSR count). The summed E-state index contributed by atoms with van der Waals surface area (Å²) in [7, 11) is 2.05. The van der Waals surface area contributed by atoms with E-state index in [9.17, 15) is 13.2 Å². The minimum Gasteiger partial charge on any atom is -0.384 e. The van der Waals surface area contributed by atoms with Gasteiger partial charge < -0.3 is 15.2 Å². The van der Waals surface area contributed by atoms with E-state index in [0.29, 0.717) is 17.4 Å². The van der Waals surface area contributed by atoms with Crippen molar-refractivity contribution in [2.75, 3.05) is 18.4 Å². The Morgan fingerprint density at radius 1 is 1.00 bits per heavy atom. The number of anilines is 1. The molecule has 30 heavy (non-hydrogen) atoms. The van der Waals surface area contributed by atoms with Gasteiger partial charge in [-0.3, -0.25) is 4.98 Å². The first-order valence-electron chi connectivity index (χ1n) is 9.87. The third-order valence-corrected chi connectivity index (χ3v) is 5.21. The summed E-state index contributed by atoms with van der Waals surface area (Å²) in [5.74, 6) is 0. The first-order chi connectivity index (χ1) is 14.4. The van der Waals surface area contributed by atoms with Crippen LogP contribution in [0.15, 0.2) is 60.9 Å². The fourth-order valence-corrected chi connectivity index (χ4v) is 3.70. The Kier molecular flexibility index (Phi) is 5.63. The Morgan fingerprint density at radius 3 is 2.67 bits per heavy atom. The molecule has 4 aromatic rings. The normalized spacial score (nSPS) is 12.0. The maximum atomic E-state index is 12.9. The van der Waals surface area contributed by atoms with Gasteiger partial charge in [-0.1, -0.05) is 24.3 Å². The number of alkyl halides is 3. The minimum absolute atomic E-state index is 0.337. The summed E-state index contributed by atoms with van der Waals surface area (Å²) in [6.07, 6.45) is 0.197. The van der Waals surface area contributed by atoms with Gasteiger partial charge in [-0.05, 0) is 42.8 Å². The Bertz CT molecular complexity index is 1160. The number of hydrogen-bond donors (Lipinski definition) is 2. The van der Waals surface area contributed by atoms with E-state index < -0.39 is 11.7 Å². The molecule has 2 aromatic heterocycles. The van der Waals surface area contributed by atoms with E-state index in [4.69, 9.17) is 0 Å². The lowest BCUT2D eigenvalue weighted by Gasteiger charge is -2.12. The summed E-state index contributed by atoms with van der Waals surface area (Å²) >= 11 is 0. The number of aromatic nitrogens is 2. The first-order valence-corrected chi connectivity index (χ1v) is 9.87. The summed E-state index contributed by atoms with van der Waals surface area (Å²) in [5.41, 5.74) is 2.93. The number of benzene rings is 2. The quantitative estimate of drug-likeness (QED) is 0.403. The third kappa shape index (κ3) is 4.26. The SMILES string of the molecule is Cn1cc(CNCCCNc2ccnc3cc(C(F)(F)F)ccc23)c2ccccc21. The molecule has 0 fully saturated rings. The Balaban J connectivity index is 1.31. The maximum Gasteiger partial charge on any atom is 0.416 e. The number of aryl methyl sites for hydroxylation is 1. The topological polar surface area (TPSA) is 41.9 Å². The molecule has 0 atom stereocenters. The smallest absolute Gasteiger partial charge is 0.384 e. The fraction of sp³-hybridized carbons (Fsp3) is 0.261. The van der Waals surface area contributed by atoms with Crippen LogP contribution in [-0.4, -0.2) is 22.6 Å². The van der Waals surface area contributed by atoms with Gasteiger partial charge in [0.1, 0.15) is 0 Å². The molecular formula is C23H23F3N4. The van der Waals surface area contributed by atoms with Crippen LogP contribution in [-0.2, 0) is 19.8 Å². The highest BCUT2D eigenvalue weighted by molar-refractivity contribution is 5.91. The molecule has 2 aromatic carbocycles. The lowest BCUT2D eigenvalue weighted by atomic mass is 10.1. The lowest BCUT2D eigenvalue weighted by molar-refractivity contribution is -0.137. The van der Waals surface area contributed by atoms with Crippen LogP contribution in [0.1, 0.15) is 17.5 Å². The summed E-state index contributed by atoms with van der Waals surface area (Å²) in [4.78, 5) is 4.08. The largest absolute Gasteiger partial charge is 0.416 e. The van der Waals surface area contributed by atoms with Crippen LogP contribution in [0.5, 0.6) is 0 Å². The van der Waals surface area contributed by atoms with Gasteiger partial charge >= 0.3 is 6.18 Å². The van der Waals surface area contributed by atoms with Crippen molar-refractivity contribution in [2.24, 2.45) is 7.05 Å². The van der Waals surface area contributed by atoms with Gasteiger partial charge in [-0.15, -0.1) is 0 Å². The number of halogens is 3. The second-order valence-corrected chi connectivity index (χ2v) is 7.33. The van der Waals surface area contributed by atoms with Crippen LogP contribution in [0.4, 0.5) is 18.9 Å². The summed E-state index contributed by atoms with van der Waals surface area (Å²) in [6.45, 7) is 2.33. The molecule has 0 radical (unpaired) electrons. The Morgan fingerprint density at radius 2 is 1.83 bits per heavy atom. The van der Waals surface area contributed by atoms with E-state index in [0.717, 1.165) is 37.3 Å². The van der Waals surface area contributed by atoms with Gasteiger partial charge in [0.15, 0.2) is 0 Å². The second kappa shape index (κ2) is 8.36. The van der Waals surface area contributed by atoms with Crippen LogP contribution in [0.25, 0.3) is 21.8 Å². The van der Waals surface area contributed by atoms with E-state index in [2.05, 4.69) is 38.5 Å². The predicted octanol–water partition coefficient (Wildman–Crippen LogP) is 5.34. The van der Waals surface area contributed by atoms with E-state index in [1.807, 2.05) is 19.2 Å². The van der Waals surface area contributed by atoms with Gasteiger partial charge in [0.2, 0.25) is 0 Å². The van der Waals surface area contributed by atoms with Crippen molar-refractivity contribution in [1.29, 1.82) is 0 Å². The average molecular weight is 412 g/mol. The molecule has 0 unspecified atom stereocenters. The molecule has 0 aliphatic heterocycles. The highest BCUT2D eigenvalue weighted by Gasteiger charge is 2.30. The molecule has 2 N–H and O–H groups in total. The number of nitrogens with zero attached hydrogens (tertiary/aromatic N) is 2. The molecule has 7 heteroatoms. The first kappa shape index (κ1) is 20.2. The molecule has 0 saturated carbocycles. The molecule has 0 bridgehead atoms. The number of nitrogens with one attached hydrogen (secondary N) is 2. The van der Waals surface area contributed by atoms with Crippen molar-refractivity contribution in [3.05, 3.63) is 72.1 Å². The van der Waals surface area contributed by atoms with E-state index >= 15 is 0 Å². The second-order valence-electron chi connectivity index (χ2n) is 7.33. The van der Waals surface area contributed by atoms with Crippen LogP contribution in [0, 0.1) is 0 Å². The number of fused-ring (bicyclic) bond motifs is 2. The molecule has 0 saturated heterocycles. The highest BCUT2D eigenvalue weighted by atomic mass is 19.4. The van der Waals surface area contributed by atoms with Crippen molar-refractivity contribution in [2.45, 2.75) is 19.1 Å². The van der Waals surface area contributed by atoms with Crippen LogP contribution in [0.2, 0.25) is 0 Å². The lowest BCUT2D eigenvalue weighted by Crippen LogP contribution is -2.17. The van der Waals surface area contributed by atoms with Crippen molar-refractivity contribution in [3.8, 4) is 0 Å². The van der Waals surface area contributed by atoms with Gasteiger partial charge in [0.05, 0.1) is 11.1 Å². The molecule has 0 amide bonds. The zero-order chi connectivity index (χ0) is 21.1. The standard InChI is InChI=1S/C23H23F3N4/c1-30-15-16(18-5-2-3-6-22(18)30)14-27-10-4-11-28-20-9-12-29-21-13-17(23(24,25)26)7-8-19(20)21/h2-3,5-9,12-13,15,27H,4,10-11,14H2,1H3,(H,28,29). The zero-order valence-electron chi connectivity index (χ0n) is 16.6. The van der Waals surface area contributed by atoms with Crippen LogP contribution in [0.3, 0.4) is 0 Å². The average Bonchev–Trinajstić information content (AvgIpc) is 3.05. The number of hydrogen-bond acceptors (Lipinski definition) is 3. The van der Waals surface area contributed by atoms with E-state index in [-0.39, 0.29) is 0 Å². The molecule has 0 aliphatic rings. The van der Waals surface area contributed by atoms with Crippen molar-refractivity contribution in [3.63, 3.8) is 0 Å². The fourth-order valence-electron chi connectivity index (χ4n) is 3.70. The van der Waals surface area contributed by atoms with Crippen LogP contribution < -0.4 is 10.6 Å². The summed E-state index contributed by atoms with van der Waals surface area (Å²) in [5, 5.41) is 8.72. The third-order valence-electron chi connectivity index (χ3n) is 5.21. The highest BCUT2D eigenvalue weighted by Crippen LogP contribution is 2.32. The summed E-state index contributed by atoms with van der Waals surface area (Å²) in [6, 6.07) is 13.8. The minimum atomic E-state index is -4.37. The molecule has 0 aliphatic carbocycles. The molecule has 156 valence electrons. The number of pyridine rings is 1. The maximum absolute atomic E-state index is 12.9. The predicted molar refractivity (Wildman–Crippen MR) is 114 cm³/mol. The van der Waals surface area contributed by atoms with E-state index in [1.54, 1.807) is 6.07 Å². The summed E-state index contributed by atoms with van der Waals surface area (Å²) < 4.78 is 40.8. The van der Waals surface area contributed by atoms with Crippen molar-refractivity contribution < 1.29 is 13.2 Å². The molecule has 2 heterocycles. The van der Waals surface area contributed by atoms with E-state index in [1.165, 1.54) is 28.7 Å². The Hall–Kier alpha value is -3.06. The molecule has 4 nitrogen and oxygen atoms in total. The molecule has 0 spiro atoms. The van der Waals surface area contributed by atoms with Crippen LogP contribution >= 0.6 is 0 Å². The van der Waals surface area contributed by atoms with Gasteiger partial charge in [0, 0.05) is 54.5 Å². The van der Waals surface area contributed by atoms with Gasteiger partial charge in [-0.25, -0.2) is 0 Å². The van der Waals surface area contributed by atoms with Gasteiger partial charge in [-0.2, -0.15) is 13.2 Å². The number of rotatable bonds is 7. The Labute approximate surface area is 172 Å². The van der Waals surface area contributed by atoms with Gasteiger partial charge in [0.25, 0.3) is 0 Å².